The standard InChI is InChI=1S/C20H19BrN4O3S/c1-11-2-4-14-16(6-11)29-19-18(14)20(28)25(10-22-19)9-17(27)24-23-8-12-7-13(21)3-5-15(12)26/h3,5,7-8,10-11,26H,2,4,6,9H2,1H3,(H,24,27)/b23-8+/t11-/m1/s1. The zero-order chi connectivity index (χ0) is 20.5. The van der Waals surface area contributed by atoms with Gasteiger partial charge in [0, 0.05) is 14.9 Å². The fourth-order valence-corrected chi connectivity index (χ4v) is 5.19. The van der Waals surface area contributed by atoms with E-state index in [-0.39, 0.29) is 17.9 Å². The molecule has 4 rings (SSSR count). The minimum Gasteiger partial charge on any atom is -0.507 e. The van der Waals surface area contributed by atoms with Crippen molar-refractivity contribution in [3.63, 3.8) is 0 Å². The first kappa shape index (κ1) is 19.8. The molecule has 0 bridgehead atoms. The predicted octanol–water partition coefficient (Wildman–Crippen LogP) is 3.20. The molecule has 150 valence electrons. The van der Waals surface area contributed by atoms with Crippen molar-refractivity contribution in [2.24, 2.45) is 11.0 Å². The fourth-order valence-electron chi connectivity index (χ4n) is 3.47. The first-order valence-electron chi connectivity index (χ1n) is 9.22. The highest BCUT2D eigenvalue weighted by Crippen LogP contribution is 2.35. The zero-order valence-electron chi connectivity index (χ0n) is 15.7. The Bertz CT molecular complexity index is 1180. The number of carbonyl (C=O) groups excluding carboxylic acids is 1. The molecule has 9 heteroatoms. The third-order valence-corrected chi connectivity index (χ3v) is 6.63. The number of aryl methyl sites for hydroxylation is 1. The first-order valence-corrected chi connectivity index (χ1v) is 10.8. The maximum atomic E-state index is 12.9. The summed E-state index contributed by atoms with van der Waals surface area (Å²) in [6, 6.07) is 4.90. The second kappa shape index (κ2) is 8.08. The lowest BCUT2D eigenvalue weighted by atomic mass is 9.89. The molecule has 2 aromatic heterocycles. The molecule has 3 aromatic rings. The van der Waals surface area contributed by atoms with Crippen LogP contribution in [0.3, 0.4) is 0 Å². The van der Waals surface area contributed by atoms with Crippen molar-refractivity contribution in [3.8, 4) is 5.75 Å². The van der Waals surface area contributed by atoms with E-state index in [0.717, 1.165) is 34.1 Å². The molecule has 2 N–H and O–H groups in total. The number of phenolic OH excluding ortho intramolecular Hbond substituents is 1. The van der Waals surface area contributed by atoms with Crippen molar-refractivity contribution < 1.29 is 9.90 Å². The minimum absolute atomic E-state index is 0.0496. The van der Waals surface area contributed by atoms with Gasteiger partial charge in [0.15, 0.2) is 0 Å². The van der Waals surface area contributed by atoms with E-state index in [0.29, 0.717) is 16.9 Å². The molecule has 0 saturated carbocycles. The van der Waals surface area contributed by atoms with E-state index in [1.54, 1.807) is 23.5 Å². The van der Waals surface area contributed by atoms with Gasteiger partial charge in [0.2, 0.25) is 0 Å². The predicted molar refractivity (Wildman–Crippen MR) is 117 cm³/mol. The molecule has 1 aliphatic carbocycles. The topological polar surface area (TPSA) is 96.6 Å². The molecule has 0 fully saturated rings. The van der Waals surface area contributed by atoms with Crippen molar-refractivity contribution >= 4 is 49.6 Å². The number of amides is 1. The van der Waals surface area contributed by atoms with Crippen LogP contribution < -0.4 is 11.0 Å². The quantitative estimate of drug-likeness (QED) is 0.448. The molecule has 0 aliphatic heterocycles. The average Bonchev–Trinajstić information content (AvgIpc) is 3.05. The number of nitrogens with zero attached hydrogens (tertiary/aromatic N) is 3. The summed E-state index contributed by atoms with van der Waals surface area (Å²) in [6.07, 6.45) is 5.68. The molecule has 0 radical (unpaired) electrons. The van der Waals surface area contributed by atoms with Crippen molar-refractivity contribution in [3.05, 3.63) is 55.4 Å². The van der Waals surface area contributed by atoms with E-state index >= 15 is 0 Å². The molecular formula is C20H19BrN4O3S. The Hall–Kier alpha value is -2.52. The average molecular weight is 475 g/mol. The number of hydrogen-bond donors (Lipinski definition) is 2. The van der Waals surface area contributed by atoms with Crippen LogP contribution in [-0.2, 0) is 24.2 Å². The van der Waals surface area contributed by atoms with Crippen molar-refractivity contribution in [1.82, 2.24) is 15.0 Å². The van der Waals surface area contributed by atoms with E-state index in [2.05, 4.69) is 38.4 Å². The lowest BCUT2D eigenvalue weighted by Gasteiger charge is -2.17. The Morgan fingerprint density at radius 2 is 2.34 bits per heavy atom. The molecule has 0 unspecified atom stereocenters. The van der Waals surface area contributed by atoms with Crippen LogP contribution in [0.25, 0.3) is 10.2 Å². The van der Waals surface area contributed by atoms with Crippen LogP contribution in [0.2, 0.25) is 0 Å². The van der Waals surface area contributed by atoms with Gasteiger partial charge in [-0.15, -0.1) is 11.3 Å². The number of carbonyl (C=O) groups is 1. The molecule has 0 saturated heterocycles. The Labute approximate surface area is 179 Å². The van der Waals surface area contributed by atoms with E-state index in [4.69, 9.17) is 0 Å². The van der Waals surface area contributed by atoms with Gasteiger partial charge in [-0.2, -0.15) is 5.10 Å². The smallest absolute Gasteiger partial charge is 0.262 e. The van der Waals surface area contributed by atoms with Gasteiger partial charge >= 0.3 is 0 Å². The fraction of sp³-hybridized carbons (Fsp3) is 0.300. The lowest BCUT2D eigenvalue weighted by Crippen LogP contribution is -2.30. The number of nitrogens with one attached hydrogen (secondary N) is 1. The van der Waals surface area contributed by atoms with E-state index < -0.39 is 5.91 Å². The normalized spacial score (nSPS) is 16.3. The van der Waals surface area contributed by atoms with Crippen molar-refractivity contribution in [1.29, 1.82) is 0 Å². The van der Waals surface area contributed by atoms with Gasteiger partial charge in [-0.25, -0.2) is 10.4 Å². The number of halogens is 1. The number of hydrogen-bond acceptors (Lipinski definition) is 6. The molecule has 1 atom stereocenters. The summed E-state index contributed by atoms with van der Waals surface area (Å²) in [4.78, 5) is 31.5. The van der Waals surface area contributed by atoms with Gasteiger partial charge in [-0.1, -0.05) is 22.9 Å². The maximum absolute atomic E-state index is 12.9. The third-order valence-electron chi connectivity index (χ3n) is 4.98. The third kappa shape index (κ3) is 4.11. The first-order chi connectivity index (χ1) is 13.9. The number of hydrazone groups is 1. The minimum atomic E-state index is -0.447. The highest BCUT2D eigenvalue weighted by molar-refractivity contribution is 9.10. The summed E-state index contributed by atoms with van der Waals surface area (Å²) in [5.41, 5.74) is 3.75. The van der Waals surface area contributed by atoms with E-state index in [1.165, 1.54) is 28.1 Å². The largest absolute Gasteiger partial charge is 0.507 e. The molecule has 0 spiro atoms. The van der Waals surface area contributed by atoms with Crippen LogP contribution in [0.4, 0.5) is 0 Å². The van der Waals surface area contributed by atoms with Crippen LogP contribution in [0.15, 0.2) is 38.9 Å². The molecule has 1 amide bonds. The van der Waals surface area contributed by atoms with E-state index in [1.807, 2.05) is 0 Å². The van der Waals surface area contributed by atoms with Gasteiger partial charge < -0.3 is 5.11 Å². The van der Waals surface area contributed by atoms with Gasteiger partial charge in [0.05, 0.1) is 17.9 Å². The van der Waals surface area contributed by atoms with Crippen molar-refractivity contribution in [2.75, 3.05) is 0 Å². The second-order valence-corrected chi connectivity index (χ2v) is 9.21. The summed E-state index contributed by atoms with van der Waals surface area (Å²) in [5.74, 6) is 0.219. The molecule has 29 heavy (non-hydrogen) atoms. The molecule has 7 nitrogen and oxygen atoms in total. The van der Waals surface area contributed by atoms with Gasteiger partial charge in [-0.3, -0.25) is 14.2 Å². The number of benzene rings is 1. The number of thiophene rings is 1. The summed E-state index contributed by atoms with van der Waals surface area (Å²) in [7, 11) is 0. The highest BCUT2D eigenvalue weighted by atomic mass is 79.9. The van der Waals surface area contributed by atoms with Crippen LogP contribution in [0, 0.1) is 5.92 Å². The van der Waals surface area contributed by atoms with E-state index in [9.17, 15) is 14.7 Å². The number of aromatic hydroxyl groups is 1. The number of phenols is 1. The Morgan fingerprint density at radius 3 is 3.17 bits per heavy atom. The Kier molecular flexibility index (Phi) is 5.51. The van der Waals surface area contributed by atoms with Crippen molar-refractivity contribution in [2.45, 2.75) is 32.7 Å². The molecule has 2 heterocycles. The molecule has 1 aromatic carbocycles. The second-order valence-electron chi connectivity index (χ2n) is 7.21. The van der Waals surface area contributed by atoms with Gasteiger partial charge in [0.25, 0.3) is 11.5 Å². The van der Waals surface area contributed by atoms with Crippen LogP contribution >= 0.6 is 27.3 Å². The summed E-state index contributed by atoms with van der Waals surface area (Å²) in [5, 5.41) is 14.3. The molecule has 1 aliphatic rings. The zero-order valence-corrected chi connectivity index (χ0v) is 18.1. The number of aromatic nitrogens is 2. The number of fused-ring (bicyclic) bond motifs is 3. The monoisotopic (exact) mass is 474 g/mol. The lowest BCUT2D eigenvalue weighted by molar-refractivity contribution is -0.121. The highest BCUT2D eigenvalue weighted by Gasteiger charge is 2.23. The van der Waals surface area contributed by atoms with Crippen LogP contribution in [0.1, 0.15) is 29.3 Å². The summed E-state index contributed by atoms with van der Waals surface area (Å²) in [6.45, 7) is 2.04. The van der Waals surface area contributed by atoms with Crippen LogP contribution in [-0.4, -0.2) is 26.8 Å². The summed E-state index contributed by atoms with van der Waals surface area (Å²) < 4.78 is 2.09. The Morgan fingerprint density at radius 1 is 1.52 bits per heavy atom. The van der Waals surface area contributed by atoms with Gasteiger partial charge in [0.1, 0.15) is 17.1 Å². The number of rotatable bonds is 4. The SMILES string of the molecule is C[C@@H]1CCc2c(sc3ncn(CC(=O)N/N=C/c4cc(Br)ccc4O)c(=O)c23)C1. The maximum Gasteiger partial charge on any atom is 0.262 e. The Balaban J connectivity index is 1.51. The van der Waals surface area contributed by atoms with Crippen LogP contribution in [0.5, 0.6) is 5.75 Å². The summed E-state index contributed by atoms with van der Waals surface area (Å²) >= 11 is 4.89. The van der Waals surface area contributed by atoms with Gasteiger partial charge in [-0.05, 0) is 48.9 Å². The molecular weight excluding hydrogens is 456 g/mol.